The highest BCUT2D eigenvalue weighted by Gasteiger charge is 2.40. The van der Waals surface area contributed by atoms with E-state index in [1.165, 1.54) is 0 Å². The lowest BCUT2D eigenvalue weighted by Crippen LogP contribution is -2.24. The fourth-order valence-electron chi connectivity index (χ4n) is 3.02. The molecule has 0 fully saturated rings. The monoisotopic (exact) mass is 257 g/mol. The van der Waals surface area contributed by atoms with Gasteiger partial charge in [0.05, 0.1) is 5.60 Å². The van der Waals surface area contributed by atoms with Crippen molar-refractivity contribution >= 4 is 0 Å². The first-order valence-electron chi connectivity index (χ1n) is 6.64. The van der Waals surface area contributed by atoms with Gasteiger partial charge in [0.15, 0.2) is 0 Å². The van der Waals surface area contributed by atoms with Crippen molar-refractivity contribution in [2.24, 2.45) is 12.8 Å². The first-order chi connectivity index (χ1) is 9.10. The average molecular weight is 257 g/mol. The summed E-state index contributed by atoms with van der Waals surface area (Å²) in [5, 5.41) is 10.9. The standard InChI is InChI=1S/C15H19N3O/c1-18-9-8-17-14(18)6-7-15(19)10-13(16)11-4-2-3-5-12(11)15/h2-5,8-9,13,19H,6-7,10,16H2,1H3. The largest absolute Gasteiger partial charge is 0.385 e. The summed E-state index contributed by atoms with van der Waals surface area (Å²) in [7, 11) is 1.97. The van der Waals surface area contributed by atoms with Crippen LogP contribution in [0.5, 0.6) is 0 Å². The number of hydrogen-bond acceptors (Lipinski definition) is 3. The molecule has 1 aliphatic carbocycles. The van der Waals surface area contributed by atoms with Gasteiger partial charge in [-0.05, 0) is 24.0 Å². The lowest BCUT2D eigenvalue weighted by atomic mass is 9.90. The average Bonchev–Trinajstić information content (AvgIpc) is 2.92. The van der Waals surface area contributed by atoms with E-state index in [0.717, 1.165) is 23.4 Å². The van der Waals surface area contributed by atoms with Gasteiger partial charge in [0.25, 0.3) is 0 Å². The molecule has 0 saturated heterocycles. The van der Waals surface area contributed by atoms with Crippen molar-refractivity contribution in [3.8, 4) is 0 Å². The van der Waals surface area contributed by atoms with E-state index in [4.69, 9.17) is 5.73 Å². The van der Waals surface area contributed by atoms with Crippen LogP contribution in [0.1, 0.15) is 35.8 Å². The molecule has 2 atom stereocenters. The van der Waals surface area contributed by atoms with Crippen molar-refractivity contribution < 1.29 is 5.11 Å². The van der Waals surface area contributed by atoms with Crippen LogP contribution in [0.15, 0.2) is 36.7 Å². The van der Waals surface area contributed by atoms with Crippen molar-refractivity contribution in [2.75, 3.05) is 0 Å². The molecule has 4 nitrogen and oxygen atoms in total. The molecule has 0 amide bonds. The number of aryl methyl sites for hydroxylation is 2. The first kappa shape index (κ1) is 12.4. The van der Waals surface area contributed by atoms with Gasteiger partial charge in [-0.1, -0.05) is 24.3 Å². The summed E-state index contributed by atoms with van der Waals surface area (Å²) in [5.74, 6) is 0.992. The van der Waals surface area contributed by atoms with Gasteiger partial charge >= 0.3 is 0 Å². The molecule has 0 radical (unpaired) electrons. The number of benzene rings is 1. The maximum absolute atomic E-state index is 10.9. The minimum Gasteiger partial charge on any atom is -0.385 e. The number of nitrogens with two attached hydrogens (primary N) is 1. The summed E-state index contributed by atoms with van der Waals surface area (Å²) in [4.78, 5) is 4.30. The molecular weight excluding hydrogens is 238 g/mol. The Morgan fingerprint density at radius 2 is 2.26 bits per heavy atom. The molecule has 3 N–H and O–H groups in total. The van der Waals surface area contributed by atoms with E-state index >= 15 is 0 Å². The number of imidazole rings is 1. The molecule has 2 aromatic rings. The smallest absolute Gasteiger partial charge is 0.108 e. The van der Waals surface area contributed by atoms with Crippen LogP contribution in [0, 0.1) is 0 Å². The normalized spacial score (nSPS) is 25.5. The third kappa shape index (κ3) is 2.07. The first-order valence-corrected chi connectivity index (χ1v) is 6.64. The summed E-state index contributed by atoms with van der Waals surface area (Å²) >= 11 is 0. The second kappa shape index (κ2) is 4.47. The van der Waals surface area contributed by atoms with Crippen LogP contribution < -0.4 is 5.73 Å². The lowest BCUT2D eigenvalue weighted by Gasteiger charge is -2.24. The van der Waals surface area contributed by atoms with Crippen LogP contribution in [-0.4, -0.2) is 14.7 Å². The minimum absolute atomic E-state index is 0.0671. The molecule has 4 heteroatoms. The molecule has 1 heterocycles. The van der Waals surface area contributed by atoms with Gasteiger partial charge in [-0.25, -0.2) is 4.98 Å². The van der Waals surface area contributed by atoms with Crippen molar-refractivity contribution in [1.82, 2.24) is 9.55 Å². The number of rotatable bonds is 3. The Balaban J connectivity index is 1.83. The fourth-order valence-corrected chi connectivity index (χ4v) is 3.02. The predicted octanol–water partition coefficient (Wildman–Crippen LogP) is 1.64. The Bertz CT molecular complexity index is 593. The summed E-state index contributed by atoms with van der Waals surface area (Å²) in [5.41, 5.74) is 7.36. The third-order valence-corrected chi connectivity index (χ3v) is 4.10. The van der Waals surface area contributed by atoms with Gasteiger partial charge in [0.1, 0.15) is 5.82 Å². The highest BCUT2D eigenvalue weighted by Crippen LogP contribution is 2.44. The highest BCUT2D eigenvalue weighted by atomic mass is 16.3. The van der Waals surface area contributed by atoms with Crippen LogP contribution in [-0.2, 0) is 19.1 Å². The fraction of sp³-hybridized carbons (Fsp3) is 0.400. The summed E-state index contributed by atoms with van der Waals surface area (Å²) in [6.07, 6.45) is 5.71. The van der Waals surface area contributed by atoms with Gasteiger partial charge in [0, 0.05) is 31.9 Å². The number of fused-ring (bicyclic) bond motifs is 1. The Morgan fingerprint density at radius 3 is 3.00 bits per heavy atom. The van der Waals surface area contributed by atoms with Crippen LogP contribution >= 0.6 is 0 Å². The van der Waals surface area contributed by atoms with E-state index in [-0.39, 0.29) is 6.04 Å². The maximum Gasteiger partial charge on any atom is 0.108 e. The Labute approximate surface area is 112 Å². The molecule has 0 bridgehead atoms. The topological polar surface area (TPSA) is 64.1 Å². The van der Waals surface area contributed by atoms with Gasteiger partial charge in [-0.3, -0.25) is 0 Å². The summed E-state index contributed by atoms with van der Waals surface area (Å²) in [6.45, 7) is 0. The van der Waals surface area contributed by atoms with E-state index < -0.39 is 5.60 Å². The number of nitrogens with zero attached hydrogens (tertiary/aromatic N) is 2. The van der Waals surface area contributed by atoms with Crippen LogP contribution in [0.4, 0.5) is 0 Å². The number of hydrogen-bond donors (Lipinski definition) is 2. The van der Waals surface area contributed by atoms with Crippen LogP contribution in [0.25, 0.3) is 0 Å². The second-order valence-corrected chi connectivity index (χ2v) is 5.38. The predicted molar refractivity (Wildman–Crippen MR) is 73.4 cm³/mol. The van der Waals surface area contributed by atoms with Gasteiger partial charge in [-0.2, -0.15) is 0 Å². The molecule has 0 saturated carbocycles. The SMILES string of the molecule is Cn1ccnc1CCC1(O)CC(N)c2ccccc21. The third-order valence-electron chi connectivity index (χ3n) is 4.10. The van der Waals surface area contributed by atoms with Crippen molar-refractivity contribution in [2.45, 2.75) is 30.9 Å². The molecule has 1 aromatic carbocycles. The van der Waals surface area contributed by atoms with E-state index in [0.29, 0.717) is 12.8 Å². The number of aromatic nitrogens is 2. The van der Waals surface area contributed by atoms with E-state index in [1.807, 2.05) is 42.1 Å². The van der Waals surface area contributed by atoms with E-state index in [9.17, 15) is 5.11 Å². The van der Waals surface area contributed by atoms with Gasteiger partial charge < -0.3 is 15.4 Å². The van der Waals surface area contributed by atoms with Gasteiger partial charge in [0.2, 0.25) is 0 Å². The highest BCUT2D eigenvalue weighted by molar-refractivity contribution is 5.39. The van der Waals surface area contributed by atoms with Gasteiger partial charge in [-0.15, -0.1) is 0 Å². The van der Waals surface area contributed by atoms with Crippen molar-refractivity contribution in [3.63, 3.8) is 0 Å². The Kier molecular flexibility index (Phi) is 2.92. The quantitative estimate of drug-likeness (QED) is 0.878. The summed E-state index contributed by atoms with van der Waals surface area (Å²) in [6, 6.07) is 7.87. The summed E-state index contributed by atoms with van der Waals surface area (Å²) < 4.78 is 1.99. The second-order valence-electron chi connectivity index (χ2n) is 5.38. The zero-order chi connectivity index (χ0) is 13.5. The maximum atomic E-state index is 10.9. The lowest BCUT2D eigenvalue weighted by molar-refractivity contribution is 0.0245. The molecule has 19 heavy (non-hydrogen) atoms. The zero-order valence-electron chi connectivity index (χ0n) is 11.1. The molecule has 0 aliphatic heterocycles. The van der Waals surface area contributed by atoms with E-state index in [1.54, 1.807) is 6.20 Å². The van der Waals surface area contributed by atoms with Crippen molar-refractivity contribution in [1.29, 1.82) is 0 Å². The molecule has 1 aliphatic rings. The molecule has 100 valence electrons. The van der Waals surface area contributed by atoms with Crippen LogP contribution in [0.3, 0.4) is 0 Å². The zero-order valence-corrected chi connectivity index (χ0v) is 11.1. The number of aliphatic hydroxyl groups is 1. The van der Waals surface area contributed by atoms with Crippen LogP contribution in [0.2, 0.25) is 0 Å². The molecule has 0 spiro atoms. The minimum atomic E-state index is -0.817. The Morgan fingerprint density at radius 1 is 1.47 bits per heavy atom. The Hall–Kier alpha value is -1.65. The molecule has 3 rings (SSSR count). The molecule has 2 unspecified atom stereocenters. The van der Waals surface area contributed by atoms with Crippen molar-refractivity contribution in [3.05, 3.63) is 53.6 Å². The molecular formula is C15H19N3O. The van der Waals surface area contributed by atoms with E-state index in [2.05, 4.69) is 4.98 Å². The molecule has 1 aromatic heterocycles.